The average Bonchev–Trinajstić information content (AvgIpc) is 2.38. The van der Waals surface area contributed by atoms with Gasteiger partial charge in [-0.05, 0) is 37.1 Å². The van der Waals surface area contributed by atoms with E-state index >= 15 is 0 Å². The zero-order valence-electron chi connectivity index (χ0n) is 12.5. The van der Waals surface area contributed by atoms with Gasteiger partial charge in [0.05, 0.1) is 11.1 Å². The van der Waals surface area contributed by atoms with Gasteiger partial charge in [0.25, 0.3) is 5.91 Å². The third-order valence-corrected chi connectivity index (χ3v) is 3.07. The van der Waals surface area contributed by atoms with E-state index in [0.29, 0.717) is 22.5 Å². The van der Waals surface area contributed by atoms with E-state index in [1.165, 1.54) is 0 Å². The van der Waals surface area contributed by atoms with Crippen LogP contribution in [0, 0.1) is 13.8 Å². The Kier molecular flexibility index (Phi) is 5.51. The van der Waals surface area contributed by atoms with E-state index in [-0.39, 0.29) is 5.56 Å². The fourth-order valence-electron chi connectivity index (χ4n) is 2.01. The van der Waals surface area contributed by atoms with Crippen molar-refractivity contribution < 1.29 is 14.7 Å². The Hall–Kier alpha value is -3.02. The van der Waals surface area contributed by atoms with Crippen molar-refractivity contribution >= 4 is 23.3 Å². The molecule has 0 radical (unpaired) electrons. The van der Waals surface area contributed by atoms with Gasteiger partial charge in [-0.25, -0.2) is 4.79 Å². The number of carboxylic acid groups (broad SMARTS) is 1. The van der Waals surface area contributed by atoms with Crippen LogP contribution < -0.4 is 17.2 Å². The van der Waals surface area contributed by atoms with Gasteiger partial charge in [0, 0.05) is 11.4 Å². The lowest BCUT2D eigenvalue weighted by Gasteiger charge is -2.03. The summed E-state index contributed by atoms with van der Waals surface area (Å²) < 4.78 is 0. The van der Waals surface area contributed by atoms with Gasteiger partial charge in [-0.15, -0.1) is 0 Å². The van der Waals surface area contributed by atoms with Crippen LogP contribution in [0.1, 0.15) is 31.8 Å². The molecule has 6 nitrogen and oxygen atoms in total. The molecule has 0 saturated carbocycles. The summed E-state index contributed by atoms with van der Waals surface area (Å²) in [6, 6.07) is 10.3. The Morgan fingerprint density at radius 2 is 1.27 bits per heavy atom. The fourth-order valence-corrected chi connectivity index (χ4v) is 2.01. The second kappa shape index (κ2) is 7.12. The fraction of sp³-hybridized carbons (Fsp3) is 0.125. The molecular weight excluding hydrogens is 282 g/mol. The van der Waals surface area contributed by atoms with Gasteiger partial charge < -0.3 is 22.3 Å². The maximum Gasteiger partial charge on any atom is 0.338 e. The van der Waals surface area contributed by atoms with Crippen molar-refractivity contribution in [2.45, 2.75) is 13.8 Å². The molecule has 1 amide bonds. The number of rotatable bonds is 2. The molecule has 0 bridgehead atoms. The van der Waals surface area contributed by atoms with E-state index < -0.39 is 11.9 Å². The number of hydrogen-bond acceptors (Lipinski definition) is 4. The number of nitrogens with two attached hydrogens (primary N) is 3. The van der Waals surface area contributed by atoms with Gasteiger partial charge in [-0.2, -0.15) is 0 Å². The molecule has 0 aliphatic heterocycles. The number of anilines is 2. The molecule has 22 heavy (non-hydrogen) atoms. The highest BCUT2D eigenvalue weighted by atomic mass is 16.4. The number of carbonyl (C=O) groups excluding carboxylic acids is 1. The Morgan fingerprint density at radius 3 is 1.50 bits per heavy atom. The van der Waals surface area contributed by atoms with Crippen LogP contribution in [0.25, 0.3) is 0 Å². The summed E-state index contributed by atoms with van der Waals surface area (Å²) >= 11 is 0. The van der Waals surface area contributed by atoms with E-state index in [1.807, 2.05) is 0 Å². The summed E-state index contributed by atoms with van der Waals surface area (Å²) in [7, 11) is 0. The summed E-state index contributed by atoms with van der Waals surface area (Å²) in [5, 5.41) is 8.67. The Balaban J connectivity index is 0.000000220. The number of carbonyl (C=O) groups is 2. The number of primary amides is 1. The summed E-state index contributed by atoms with van der Waals surface area (Å²) in [4.78, 5) is 21.3. The number of carboxylic acids is 1. The molecule has 0 aromatic heterocycles. The summed E-state index contributed by atoms with van der Waals surface area (Å²) in [5.41, 5.74) is 19.0. The Labute approximate surface area is 128 Å². The van der Waals surface area contributed by atoms with Crippen LogP contribution in [0.3, 0.4) is 0 Å². The first-order chi connectivity index (χ1) is 10.3. The van der Waals surface area contributed by atoms with E-state index in [9.17, 15) is 9.59 Å². The van der Waals surface area contributed by atoms with Crippen molar-refractivity contribution in [1.82, 2.24) is 0 Å². The van der Waals surface area contributed by atoms with Crippen molar-refractivity contribution in [3.05, 3.63) is 58.7 Å². The van der Waals surface area contributed by atoms with Gasteiger partial charge in [-0.3, -0.25) is 4.79 Å². The van der Waals surface area contributed by atoms with Crippen LogP contribution in [0.5, 0.6) is 0 Å². The molecule has 7 N–H and O–H groups in total. The smallest absolute Gasteiger partial charge is 0.338 e. The monoisotopic (exact) mass is 301 g/mol. The van der Waals surface area contributed by atoms with Crippen LogP contribution in [-0.2, 0) is 0 Å². The first-order valence-electron chi connectivity index (χ1n) is 6.49. The molecule has 2 aromatic rings. The van der Waals surface area contributed by atoms with Crippen LogP contribution in [0.15, 0.2) is 36.4 Å². The van der Waals surface area contributed by atoms with Crippen molar-refractivity contribution in [2.24, 2.45) is 5.73 Å². The minimum absolute atomic E-state index is 0.201. The van der Waals surface area contributed by atoms with Gasteiger partial charge in [0.1, 0.15) is 0 Å². The lowest BCUT2D eigenvalue weighted by Crippen LogP contribution is -2.14. The molecule has 6 heteroatoms. The van der Waals surface area contributed by atoms with Crippen molar-refractivity contribution in [1.29, 1.82) is 0 Å². The molecule has 2 rings (SSSR count). The molecule has 0 spiro atoms. The lowest BCUT2D eigenvalue weighted by molar-refractivity contribution is 0.0697. The summed E-state index contributed by atoms with van der Waals surface area (Å²) in [6.45, 7) is 3.52. The van der Waals surface area contributed by atoms with Gasteiger partial charge in [0.15, 0.2) is 0 Å². The Morgan fingerprint density at radius 1 is 0.864 bits per heavy atom. The third kappa shape index (κ3) is 3.99. The van der Waals surface area contributed by atoms with Crippen LogP contribution in [0.2, 0.25) is 0 Å². The quantitative estimate of drug-likeness (QED) is 0.629. The van der Waals surface area contributed by atoms with E-state index in [1.54, 1.807) is 50.2 Å². The number of hydrogen-bond donors (Lipinski definition) is 4. The van der Waals surface area contributed by atoms with Gasteiger partial charge in [0.2, 0.25) is 0 Å². The molecule has 116 valence electrons. The topological polar surface area (TPSA) is 132 Å². The molecule has 0 saturated heterocycles. The highest BCUT2D eigenvalue weighted by molar-refractivity contribution is 5.99. The van der Waals surface area contributed by atoms with Crippen LogP contribution >= 0.6 is 0 Å². The van der Waals surface area contributed by atoms with Crippen LogP contribution in [-0.4, -0.2) is 17.0 Å². The average molecular weight is 301 g/mol. The molecule has 0 atom stereocenters. The maximum atomic E-state index is 10.8. The number of benzene rings is 2. The second-order valence-corrected chi connectivity index (χ2v) is 4.75. The molecule has 0 aliphatic rings. The predicted molar refractivity (Wildman–Crippen MR) is 86.7 cm³/mol. The highest BCUT2D eigenvalue weighted by Crippen LogP contribution is 2.15. The van der Waals surface area contributed by atoms with E-state index in [0.717, 1.165) is 5.56 Å². The van der Waals surface area contributed by atoms with Gasteiger partial charge in [-0.1, -0.05) is 24.3 Å². The number of aryl methyl sites for hydroxylation is 2. The molecule has 0 aliphatic carbocycles. The largest absolute Gasteiger partial charge is 0.478 e. The van der Waals surface area contributed by atoms with E-state index in [4.69, 9.17) is 22.3 Å². The molecule has 0 heterocycles. The minimum Gasteiger partial charge on any atom is -0.478 e. The first-order valence-corrected chi connectivity index (χ1v) is 6.49. The molecule has 2 aromatic carbocycles. The molecule has 0 unspecified atom stereocenters. The zero-order valence-corrected chi connectivity index (χ0v) is 12.5. The zero-order chi connectivity index (χ0) is 16.9. The highest BCUT2D eigenvalue weighted by Gasteiger charge is 2.09. The maximum absolute atomic E-state index is 10.8. The SMILES string of the molecule is Cc1cccc(N)c1C(=O)O.Cc1cccc(N)c1C(N)=O. The summed E-state index contributed by atoms with van der Waals surface area (Å²) in [6.07, 6.45) is 0. The minimum atomic E-state index is -0.972. The van der Waals surface area contributed by atoms with Crippen molar-refractivity contribution in [3.63, 3.8) is 0 Å². The first kappa shape index (κ1) is 17.0. The number of aromatic carboxylic acids is 1. The summed E-state index contributed by atoms with van der Waals surface area (Å²) in [5.74, 6) is -1.44. The third-order valence-electron chi connectivity index (χ3n) is 3.07. The normalized spacial score (nSPS) is 9.55. The second-order valence-electron chi connectivity index (χ2n) is 4.75. The van der Waals surface area contributed by atoms with Crippen molar-refractivity contribution in [2.75, 3.05) is 11.5 Å². The van der Waals surface area contributed by atoms with Crippen LogP contribution in [0.4, 0.5) is 11.4 Å². The molecular formula is C16H19N3O3. The number of amides is 1. The number of nitrogen functional groups attached to an aromatic ring is 2. The lowest BCUT2D eigenvalue weighted by atomic mass is 10.1. The standard InChI is InChI=1S/C8H10N2O.C8H9NO2/c2*1-5-3-2-4-6(9)7(5)8(10)11/h2-4H,9H2,1H3,(H2,10,11);2-4H,9H2,1H3,(H,10,11). The molecule has 0 fully saturated rings. The van der Waals surface area contributed by atoms with Crippen molar-refractivity contribution in [3.8, 4) is 0 Å². The van der Waals surface area contributed by atoms with E-state index in [2.05, 4.69) is 0 Å². The van der Waals surface area contributed by atoms with Gasteiger partial charge >= 0.3 is 5.97 Å². The Bertz CT molecular complexity index is 610. The predicted octanol–water partition coefficient (Wildman–Crippen LogP) is 1.95.